The Hall–Kier alpha value is -7.96. The van der Waals surface area contributed by atoms with Crippen molar-refractivity contribution < 1.29 is 38.3 Å². The standard InChI is InChI=1S/C116H174N4O8/c1-7-13-19-25-31-42-51-59-79-123-99-85-95(86-100(91-99)124-80-60-52-43-32-26-20-14-8-2)114-107-71-69-105(117-107)113(94-65-67-98(68-66-94)122-78-58-50-48-40-38-37-39-41-49-57-77-121)106-70-72-108(118-106)115(96-87-101(125-81-61-53-44-33-27-21-15-9-3)92-102(88-96)126-82-62-54-45-34-28-22-16-10-4)110-74-76-112(120-110)116(111-75-73-109(114)119-111)97-89-103(127-83-63-55-46-35-29-23-17-11-5)93-104(90-97)128-84-64-56-47-36-30-24-18-12-6/h65-76,85-93,117,120-121H,7-64,77-84H2,1-6H3. The summed E-state index contributed by atoms with van der Waals surface area (Å²) in [4.78, 5) is 20.1. The van der Waals surface area contributed by atoms with Crippen molar-refractivity contribution in [3.05, 3.63) is 126 Å². The third-order valence-corrected chi connectivity index (χ3v) is 25.8. The molecule has 5 heterocycles. The molecule has 0 amide bonds. The molecule has 8 bridgehead atoms. The number of aromatic nitrogens is 4. The van der Waals surface area contributed by atoms with E-state index in [1.54, 1.807) is 0 Å². The largest absolute Gasteiger partial charge is 0.494 e. The average Bonchev–Trinajstić information content (AvgIpc) is 1.60. The molecule has 128 heavy (non-hydrogen) atoms. The van der Waals surface area contributed by atoms with E-state index < -0.39 is 0 Å². The summed E-state index contributed by atoms with van der Waals surface area (Å²) in [6.07, 6.45) is 79.3. The van der Waals surface area contributed by atoms with Crippen LogP contribution in [0.25, 0.3) is 90.9 Å². The van der Waals surface area contributed by atoms with Crippen LogP contribution in [-0.4, -0.2) is 77.9 Å². The number of benzene rings is 4. The number of nitrogens with one attached hydrogen (secondary N) is 2. The lowest BCUT2D eigenvalue weighted by molar-refractivity contribution is 0.282. The van der Waals surface area contributed by atoms with Gasteiger partial charge in [0.25, 0.3) is 0 Å². The van der Waals surface area contributed by atoms with Crippen molar-refractivity contribution in [1.29, 1.82) is 0 Å². The molecule has 0 saturated carbocycles. The van der Waals surface area contributed by atoms with E-state index in [2.05, 4.69) is 179 Å². The number of aromatic amines is 2. The first-order valence-corrected chi connectivity index (χ1v) is 53.1. The normalized spacial score (nSPS) is 11.8. The minimum atomic E-state index is 0.303. The van der Waals surface area contributed by atoms with E-state index in [0.29, 0.717) is 52.9 Å². The van der Waals surface area contributed by atoms with Crippen molar-refractivity contribution in [3.63, 3.8) is 0 Å². The highest BCUT2D eigenvalue weighted by Gasteiger charge is 2.23. The van der Waals surface area contributed by atoms with Crippen molar-refractivity contribution in [3.8, 4) is 84.8 Å². The summed E-state index contributed by atoms with van der Waals surface area (Å²) in [7, 11) is 0. The van der Waals surface area contributed by atoms with E-state index in [0.717, 1.165) is 232 Å². The molecule has 0 spiro atoms. The maximum atomic E-state index is 9.23. The molecule has 0 radical (unpaired) electrons. The second-order valence-electron chi connectivity index (χ2n) is 37.2. The first kappa shape index (κ1) is 104. The van der Waals surface area contributed by atoms with Crippen LogP contribution in [0.4, 0.5) is 0 Å². The number of unbranched alkanes of at least 4 members (excludes halogenated alkanes) is 51. The van der Waals surface area contributed by atoms with Crippen molar-refractivity contribution in [1.82, 2.24) is 19.9 Å². The molecule has 9 rings (SSSR count). The Balaban J connectivity index is 1.24. The zero-order valence-electron chi connectivity index (χ0n) is 81.5. The quantitative estimate of drug-likeness (QED) is 0.0315. The molecule has 2 aliphatic heterocycles. The van der Waals surface area contributed by atoms with Crippen LogP contribution in [0.15, 0.2) is 103 Å². The van der Waals surface area contributed by atoms with E-state index in [-0.39, 0.29) is 0 Å². The topological polar surface area (TPSA) is 142 Å². The number of hydrogen-bond acceptors (Lipinski definition) is 10. The van der Waals surface area contributed by atoms with Gasteiger partial charge in [0.05, 0.1) is 69.0 Å². The van der Waals surface area contributed by atoms with Gasteiger partial charge in [0.1, 0.15) is 40.2 Å². The summed E-state index contributed by atoms with van der Waals surface area (Å²) in [5.41, 5.74) is 14.5. The fourth-order valence-electron chi connectivity index (χ4n) is 18.2. The van der Waals surface area contributed by atoms with Gasteiger partial charge in [-0.2, -0.15) is 0 Å². The molecule has 3 aromatic heterocycles. The van der Waals surface area contributed by atoms with Gasteiger partial charge in [0.2, 0.25) is 0 Å². The zero-order chi connectivity index (χ0) is 89.6. The molecule has 0 saturated heterocycles. The number of rotatable bonds is 77. The molecule has 0 unspecified atom stereocenters. The van der Waals surface area contributed by atoms with Gasteiger partial charge in [0.15, 0.2) is 0 Å². The Morgan fingerprint density at radius 1 is 0.195 bits per heavy atom. The molecule has 12 nitrogen and oxygen atoms in total. The monoisotopic (exact) mass is 1750 g/mol. The number of H-pyrrole nitrogens is 2. The van der Waals surface area contributed by atoms with Crippen molar-refractivity contribution in [2.45, 2.75) is 414 Å². The zero-order valence-corrected chi connectivity index (χ0v) is 81.5. The van der Waals surface area contributed by atoms with E-state index in [1.807, 2.05) is 0 Å². The Morgan fingerprint density at radius 3 is 0.578 bits per heavy atom. The number of aliphatic hydroxyl groups is 1. The number of ether oxygens (including phenoxy) is 7. The third kappa shape index (κ3) is 39.6. The van der Waals surface area contributed by atoms with Crippen molar-refractivity contribution in [2.75, 3.05) is 52.9 Å². The first-order chi connectivity index (χ1) is 63.3. The van der Waals surface area contributed by atoms with Crippen LogP contribution < -0.4 is 33.2 Å². The molecule has 4 aromatic carbocycles. The molecular formula is C116H174N4O8. The lowest BCUT2D eigenvalue weighted by atomic mass is 10.0. The van der Waals surface area contributed by atoms with Crippen LogP contribution in [-0.2, 0) is 0 Å². The maximum Gasteiger partial charge on any atom is 0.123 e. The Bertz CT molecular complexity index is 4130. The molecule has 706 valence electrons. The summed E-state index contributed by atoms with van der Waals surface area (Å²) in [6, 6.07) is 37.4. The van der Waals surface area contributed by atoms with Gasteiger partial charge in [-0.15, -0.1) is 0 Å². The minimum absolute atomic E-state index is 0.303. The van der Waals surface area contributed by atoms with Gasteiger partial charge in [-0.3, -0.25) is 0 Å². The van der Waals surface area contributed by atoms with Gasteiger partial charge in [-0.25, -0.2) is 9.97 Å². The minimum Gasteiger partial charge on any atom is -0.494 e. The number of nitrogens with zero attached hydrogens (tertiary/aromatic N) is 2. The highest BCUT2D eigenvalue weighted by atomic mass is 16.5. The van der Waals surface area contributed by atoms with E-state index >= 15 is 0 Å². The molecule has 0 aliphatic carbocycles. The van der Waals surface area contributed by atoms with E-state index in [4.69, 9.17) is 43.1 Å². The van der Waals surface area contributed by atoms with Crippen LogP contribution in [0.1, 0.15) is 437 Å². The summed E-state index contributed by atoms with van der Waals surface area (Å²) in [5, 5.41) is 9.23. The summed E-state index contributed by atoms with van der Waals surface area (Å²) in [5.74, 6) is 5.60. The summed E-state index contributed by atoms with van der Waals surface area (Å²) < 4.78 is 48.2. The molecule has 0 atom stereocenters. The van der Waals surface area contributed by atoms with E-state index in [1.165, 1.54) is 270 Å². The number of aliphatic hydroxyl groups excluding tert-OH is 1. The second-order valence-corrected chi connectivity index (χ2v) is 37.2. The van der Waals surface area contributed by atoms with Crippen molar-refractivity contribution >= 4 is 46.4 Å². The molecule has 2 aliphatic rings. The smallest absolute Gasteiger partial charge is 0.123 e. The lowest BCUT2D eigenvalue weighted by Crippen LogP contribution is -2.01. The lowest BCUT2D eigenvalue weighted by Gasteiger charge is -2.14. The molecule has 12 heteroatoms. The van der Waals surface area contributed by atoms with Gasteiger partial charge >= 0.3 is 0 Å². The number of hydrogen-bond donors (Lipinski definition) is 3. The average molecular weight is 1750 g/mol. The SMILES string of the molecule is CCCCCCCCCCOc1cc(OCCCCCCCCCC)cc(-c2c3nc(c(-c4cc(OCCCCCCCCCC)cc(OCCCCCCCCCC)c4)c4ccc([nH]4)c(-c4cc(OCCCCCCCCCC)cc(OCCCCCCCCCC)c4)c4nc(c(-c5ccc(OCCCCCCCCCCCCO)cc5)c5ccc2[nH]5)C=C4)C=C3)c1. The molecule has 0 fully saturated rings. The molecule has 7 aromatic rings. The van der Waals surface area contributed by atoms with Gasteiger partial charge in [0, 0.05) is 69.1 Å². The Labute approximate surface area is 777 Å². The maximum absolute atomic E-state index is 9.23. The predicted molar refractivity (Wildman–Crippen MR) is 548 cm³/mol. The van der Waals surface area contributed by atoms with Gasteiger partial charge < -0.3 is 48.2 Å². The molecule has 3 N–H and O–H groups in total. The summed E-state index contributed by atoms with van der Waals surface area (Å²) in [6.45, 7) is 18.5. The van der Waals surface area contributed by atoms with Crippen LogP contribution in [0.2, 0.25) is 0 Å². The Kier molecular flexibility index (Phi) is 53.2. The highest BCUT2D eigenvalue weighted by Crippen LogP contribution is 2.44. The fourth-order valence-corrected chi connectivity index (χ4v) is 18.2. The van der Waals surface area contributed by atoms with Crippen molar-refractivity contribution in [2.24, 2.45) is 0 Å². The first-order valence-electron chi connectivity index (χ1n) is 53.1. The van der Waals surface area contributed by atoms with Gasteiger partial charge in [-0.1, -0.05) is 375 Å². The number of fused-ring (bicyclic) bond motifs is 8. The van der Waals surface area contributed by atoms with Crippen LogP contribution in [0.3, 0.4) is 0 Å². The third-order valence-electron chi connectivity index (χ3n) is 25.8. The second kappa shape index (κ2) is 65.6. The van der Waals surface area contributed by atoms with Gasteiger partial charge in [-0.05, 0) is 171 Å². The van der Waals surface area contributed by atoms with Crippen LogP contribution in [0.5, 0.6) is 40.2 Å². The summed E-state index contributed by atoms with van der Waals surface area (Å²) >= 11 is 0. The predicted octanol–water partition coefficient (Wildman–Crippen LogP) is 35.7. The van der Waals surface area contributed by atoms with Crippen LogP contribution >= 0.6 is 0 Å². The fraction of sp³-hybridized carbons (Fsp3) is 0.621. The Morgan fingerprint density at radius 2 is 0.375 bits per heavy atom. The molecular weight excluding hydrogens is 1580 g/mol. The highest BCUT2D eigenvalue weighted by molar-refractivity contribution is 6.00. The van der Waals surface area contributed by atoms with Crippen LogP contribution in [0, 0.1) is 0 Å². The van der Waals surface area contributed by atoms with E-state index in [9.17, 15) is 5.11 Å².